The van der Waals surface area contributed by atoms with Crippen LogP contribution in [0.5, 0.6) is 0 Å². The van der Waals surface area contributed by atoms with Gasteiger partial charge in [0, 0.05) is 21.7 Å². The molecular formula is C16H20N2OS. The third-order valence-corrected chi connectivity index (χ3v) is 3.67. The zero-order chi connectivity index (χ0) is 14.6. The summed E-state index contributed by atoms with van der Waals surface area (Å²) in [7, 11) is 0. The van der Waals surface area contributed by atoms with Crippen molar-refractivity contribution in [3.63, 3.8) is 0 Å². The Morgan fingerprint density at radius 2 is 1.90 bits per heavy atom. The van der Waals surface area contributed by atoms with Crippen LogP contribution < -0.4 is 10.6 Å². The zero-order valence-electron chi connectivity index (χ0n) is 12.1. The molecule has 0 spiro atoms. The molecular weight excluding hydrogens is 268 g/mol. The molecule has 2 N–H and O–H groups in total. The van der Waals surface area contributed by atoms with E-state index in [1.54, 1.807) is 11.3 Å². The summed E-state index contributed by atoms with van der Waals surface area (Å²) in [6.07, 6.45) is 0. The molecule has 20 heavy (non-hydrogen) atoms. The van der Waals surface area contributed by atoms with Gasteiger partial charge in [-0.15, -0.1) is 11.3 Å². The standard InChI is InChI=1S/C16H20N2OS/c1-16(2,3)17-11-15(19)18-13-8-5-4-7-12(13)14-9-6-10-20-14/h4-10,17H,11H2,1-3H3,(H,18,19). The van der Waals surface area contributed by atoms with Gasteiger partial charge in [0.1, 0.15) is 0 Å². The number of carbonyl (C=O) groups excluding carboxylic acids is 1. The molecule has 0 radical (unpaired) electrons. The lowest BCUT2D eigenvalue weighted by Crippen LogP contribution is -2.41. The number of nitrogens with one attached hydrogen (secondary N) is 2. The summed E-state index contributed by atoms with van der Waals surface area (Å²) in [5.41, 5.74) is 1.85. The van der Waals surface area contributed by atoms with Crippen molar-refractivity contribution in [2.75, 3.05) is 11.9 Å². The average Bonchev–Trinajstić information content (AvgIpc) is 2.90. The van der Waals surface area contributed by atoms with E-state index in [9.17, 15) is 4.79 Å². The molecule has 4 heteroatoms. The second kappa shape index (κ2) is 6.20. The largest absolute Gasteiger partial charge is 0.324 e. The van der Waals surface area contributed by atoms with Crippen LogP contribution in [-0.2, 0) is 4.79 Å². The van der Waals surface area contributed by atoms with Gasteiger partial charge in [-0.3, -0.25) is 4.79 Å². The number of amides is 1. The van der Waals surface area contributed by atoms with E-state index >= 15 is 0 Å². The predicted octanol–water partition coefficient (Wildman–Crippen LogP) is 3.74. The Bertz CT molecular complexity index is 570. The summed E-state index contributed by atoms with van der Waals surface area (Å²) in [4.78, 5) is 13.2. The van der Waals surface area contributed by atoms with Crippen molar-refractivity contribution < 1.29 is 4.79 Å². The van der Waals surface area contributed by atoms with Crippen molar-refractivity contribution >= 4 is 22.9 Å². The molecule has 0 aliphatic heterocycles. The van der Waals surface area contributed by atoms with E-state index in [4.69, 9.17) is 0 Å². The molecule has 0 bridgehead atoms. The monoisotopic (exact) mass is 288 g/mol. The second-order valence-corrected chi connectivity index (χ2v) is 6.62. The maximum absolute atomic E-state index is 12.0. The minimum atomic E-state index is -0.0649. The van der Waals surface area contributed by atoms with Gasteiger partial charge in [-0.25, -0.2) is 0 Å². The molecule has 1 amide bonds. The van der Waals surface area contributed by atoms with Crippen molar-refractivity contribution in [3.05, 3.63) is 41.8 Å². The molecule has 3 nitrogen and oxygen atoms in total. The topological polar surface area (TPSA) is 41.1 Å². The predicted molar refractivity (Wildman–Crippen MR) is 86.1 cm³/mol. The maximum atomic E-state index is 12.0. The van der Waals surface area contributed by atoms with E-state index < -0.39 is 0 Å². The molecule has 0 atom stereocenters. The van der Waals surface area contributed by atoms with Crippen molar-refractivity contribution in [1.29, 1.82) is 0 Å². The minimum Gasteiger partial charge on any atom is -0.324 e. The van der Waals surface area contributed by atoms with E-state index in [-0.39, 0.29) is 11.4 Å². The first-order chi connectivity index (χ1) is 9.46. The third kappa shape index (κ3) is 4.18. The first kappa shape index (κ1) is 14.8. The van der Waals surface area contributed by atoms with E-state index in [1.165, 1.54) is 0 Å². The summed E-state index contributed by atoms with van der Waals surface area (Å²) in [6, 6.07) is 12.0. The van der Waals surface area contributed by atoms with Crippen LogP contribution in [0.4, 0.5) is 5.69 Å². The molecule has 2 rings (SSSR count). The number of benzene rings is 1. The number of carbonyl (C=O) groups is 1. The van der Waals surface area contributed by atoms with Crippen LogP contribution in [0.15, 0.2) is 41.8 Å². The Morgan fingerprint density at radius 1 is 1.15 bits per heavy atom. The van der Waals surface area contributed by atoms with Gasteiger partial charge in [0.25, 0.3) is 0 Å². The highest BCUT2D eigenvalue weighted by molar-refractivity contribution is 7.13. The number of anilines is 1. The zero-order valence-corrected chi connectivity index (χ0v) is 12.9. The van der Waals surface area contributed by atoms with Crippen LogP contribution in [0, 0.1) is 0 Å². The van der Waals surface area contributed by atoms with E-state index in [0.29, 0.717) is 6.54 Å². The first-order valence-electron chi connectivity index (χ1n) is 6.63. The fraction of sp³-hybridized carbons (Fsp3) is 0.312. The lowest BCUT2D eigenvalue weighted by molar-refractivity contribution is -0.115. The van der Waals surface area contributed by atoms with Gasteiger partial charge < -0.3 is 10.6 Å². The Kier molecular flexibility index (Phi) is 4.57. The van der Waals surface area contributed by atoms with Crippen LogP contribution in [0.2, 0.25) is 0 Å². The number of para-hydroxylation sites is 1. The highest BCUT2D eigenvalue weighted by atomic mass is 32.1. The number of thiophene rings is 1. The van der Waals surface area contributed by atoms with Gasteiger partial charge in [0.05, 0.1) is 6.54 Å². The molecule has 1 aromatic heterocycles. The fourth-order valence-electron chi connectivity index (χ4n) is 1.78. The van der Waals surface area contributed by atoms with Gasteiger partial charge in [0.15, 0.2) is 0 Å². The van der Waals surface area contributed by atoms with Gasteiger partial charge in [-0.2, -0.15) is 0 Å². The maximum Gasteiger partial charge on any atom is 0.238 e. The minimum absolute atomic E-state index is 0.0241. The number of rotatable bonds is 4. The van der Waals surface area contributed by atoms with Gasteiger partial charge in [-0.05, 0) is 38.3 Å². The molecule has 1 aromatic carbocycles. The third-order valence-electron chi connectivity index (χ3n) is 2.77. The van der Waals surface area contributed by atoms with Crippen LogP contribution in [0.1, 0.15) is 20.8 Å². The summed E-state index contributed by atoms with van der Waals surface area (Å²) >= 11 is 1.67. The normalized spacial score (nSPS) is 11.3. The van der Waals surface area contributed by atoms with Crippen molar-refractivity contribution in [3.8, 4) is 10.4 Å². The SMILES string of the molecule is CC(C)(C)NCC(=O)Nc1ccccc1-c1cccs1. The Morgan fingerprint density at radius 3 is 2.55 bits per heavy atom. The molecule has 0 aliphatic carbocycles. The van der Waals surface area contributed by atoms with Crippen LogP contribution in [0.25, 0.3) is 10.4 Å². The first-order valence-corrected chi connectivity index (χ1v) is 7.51. The van der Waals surface area contributed by atoms with E-state index in [2.05, 4.69) is 16.7 Å². The van der Waals surface area contributed by atoms with E-state index in [1.807, 2.05) is 56.5 Å². The molecule has 0 saturated carbocycles. The second-order valence-electron chi connectivity index (χ2n) is 5.67. The highest BCUT2D eigenvalue weighted by Gasteiger charge is 2.13. The highest BCUT2D eigenvalue weighted by Crippen LogP contribution is 2.31. The summed E-state index contributed by atoms with van der Waals surface area (Å²) < 4.78 is 0. The number of hydrogen-bond acceptors (Lipinski definition) is 3. The Balaban J connectivity index is 2.08. The molecule has 2 aromatic rings. The fourth-order valence-corrected chi connectivity index (χ4v) is 2.54. The van der Waals surface area contributed by atoms with Crippen molar-refractivity contribution in [2.24, 2.45) is 0 Å². The summed E-state index contributed by atoms with van der Waals surface area (Å²) in [6.45, 7) is 6.43. The Hall–Kier alpha value is -1.65. The summed E-state index contributed by atoms with van der Waals surface area (Å²) in [5, 5.41) is 8.20. The van der Waals surface area contributed by atoms with Crippen molar-refractivity contribution in [2.45, 2.75) is 26.3 Å². The van der Waals surface area contributed by atoms with Gasteiger partial charge in [0.2, 0.25) is 5.91 Å². The lowest BCUT2D eigenvalue weighted by Gasteiger charge is -2.20. The average molecular weight is 288 g/mol. The summed E-state index contributed by atoms with van der Waals surface area (Å²) in [5.74, 6) is -0.0241. The molecule has 0 saturated heterocycles. The Labute approximate surface area is 124 Å². The number of hydrogen-bond donors (Lipinski definition) is 2. The smallest absolute Gasteiger partial charge is 0.238 e. The quantitative estimate of drug-likeness (QED) is 0.900. The van der Waals surface area contributed by atoms with Crippen LogP contribution in [0.3, 0.4) is 0 Å². The van der Waals surface area contributed by atoms with E-state index in [0.717, 1.165) is 16.1 Å². The van der Waals surface area contributed by atoms with Crippen molar-refractivity contribution in [1.82, 2.24) is 5.32 Å². The molecule has 0 aliphatic rings. The molecule has 106 valence electrons. The molecule has 0 unspecified atom stereocenters. The van der Waals surface area contributed by atoms with Gasteiger partial charge >= 0.3 is 0 Å². The molecule has 1 heterocycles. The van der Waals surface area contributed by atoms with Crippen LogP contribution >= 0.6 is 11.3 Å². The molecule has 0 fully saturated rings. The lowest BCUT2D eigenvalue weighted by atomic mass is 10.1. The van der Waals surface area contributed by atoms with Gasteiger partial charge in [-0.1, -0.05) is 24.3 Å². The van der Waals surface area contributed by atoms with Crippen LogP contribution in [-0.4, -0.2) is 18.0 Å².